The minimum absolute atomic E-state index is 0.267. The van der Waals surface area contributed by atoms with Gasteiger partial charge in [0, 0.05) is 23.8 Å². The Balaban J connectivity index is 1.94. The van der Waals surface area contributed by atoms with Crippen molar-refractivity contribution < 1.29 is 4.39 Å². The molecule has 7 heteroatoms. The average molecular weight is 332 g/mol. The Kier molecular flexibility index (Phi) is 4.47. The van der Waals surface area contributed by atoms with Gasteiger partial charge in [0.2, 0.25) is 5.65 Å². The molecule has 0 aliphatic heterocycles. The molecule has 0 N–H and O–H groups in total. The molecule has 3 aromatic rings. The molecule has 0 saturated heterocycles. The molecule has 0 aliphatic rings. The van der Waals surface area contributed by atoms with Crippen LogP contribution in [-0.4, -0.2) is 24.9 Å². The van der Waals surface area contributed by atoms with Crippen LogP contribution in [0.5, 0.6) is 0 Å². The predicted molar refractivity (Wildman–Crippen MR) is 88.7 cm³/mol. The Bertz CT molecular complexity index is 870. The van der Waals surface area contributed by atoms with E-state index in [-0.39, 0.29) is 17.0 Å². The van der Waals surface area contributed by atoms with Gasteiger partial charge in [-0.2, -0.15) is 0 Å². The molecule has 23 heavy (non-hydrogen) atoms. The molecule has 0 unspecified atom stereocenters. The highest BCUT2D eigenvalue weighted by Crippen LogP contribution is 2.18. The molecule has 120 valence electrons. The molecule has 0 fully saturated rings. The zero-order valence-electron chi connectivity index (χ0n) is 12.9. The van der Waals surface area contributed by atoms with Gasteiger partial charge in [0.1, 0.15) is 5.82 Å². The van der Waals surface area contributed by atoms with Crippen LogP contribution in [0.15, 0.2) is 46.6 Å². The van der Waals surface area contributed by atoms with Crippen LogP contribution in [0, 0.1) is 11.7 Å². The maximum atomic E-state index is 13.0. The summed E-state index contributed by atoms with van der Waals surface area (Å²) in [5, 5.41) is 8.82. The number of halogens is 1. The van der Waals surface area contributed by atoms with Gasteiger partial charge in [0.05, 0.1) is 0 Å². The molecular formula is C16H17FN4OS. The van der Waals surface area contributed by atoms with E-state index in [0.29, 0.717) is 16.8 Å². The molecule has 1 aromatic carbocycles. The fourth-order valence-corrected chi connectivity index (χ4v) is 3.31. The van der Waals surface area contributed by atoms with Crippen LogP contribution in [0.2, 0.25) is 0 Å². The van der Waals surface area contributed by atoms with E-state index in [0.717, 1.165) is 12.2 Å². The molecule has 0 atom stereocenters. The van der Waals surface area contributed by atoms with Crippen LogP contribution in [0.1, 0.15) is 20.3 Å². The van der Waals surface area contributed by atoms with Crippen molar-refractivity contribution in [3.8, 4) is 5.69 Å². The highest BCUT2D eigenvalue weighted by atomic mass is 32.2. The van der Waals surface area contributed by atoms with Crippen molar-refractivity contribution in [3.63, 3.8) is 0 Å². The first kappa shape index (κ1) is 15.7. The van der Waals surface area contributed by atoms with Crippen molar-refractivity contribution in [2.24, 2.45) is 5.92 Å². The van der Waals surface area contributed by atoms with Crippen LogP contribution in [0.25, 0.3) is 11.3 Å². The summed E-state index contributed by atoms with van der Waals surface area (Å²) in [5.41, 5.74) is 0.585. The number of nitrogens with zero attached hydrogens (tertiary/aromatic N) is 4. The second-order valence-corrected chi connectivity index (χ2v) is 6.72. The van der Waals surface area contributed by atoms with Crippen molar-refractivity contribution in [1.29, 1.82) is 0 Å². The molecule has 0 bridgehead atoms. The average Bonchev–Trinajstić information content (AvgIpc) is 2.93. The Hall–Kier alpha value is -2.15. The summed E-state index contributed by atoms with van der Waals surface area (Å²) in [7, 11) is 0. The lowest BCUT2D eigenvalue weighted by Crippen LogP contribution is -2.20. The van der Waals surface area contributed by atoms with Crippen molar-refractivity contribution in [1.82, 2.24) is 19.2 Å². The molecule has 2 aromatic heterocycles. The summed E-state index contributed by atoms with van der Waals surface area (Å²) in [6, 6.07) is 5.76. The zero-order chi connectivity index (χ0) is 16.4. The molecule has 0 radical (unpaired) electrons. The molecule has 0 amide bonds. The summed E-state index contributed by atoms with van der Waals surface area (Å²) in [5.74, 6) is 1.21. The molecule has 3 rings (SSSR count). The summed E-state index contributed by atoms with van der Waals surface area (Å²) in [4.78, 5) is 12.5. The van der Waals surface area contributed by atoms with E-state index >= 15 is 0 Å². The minimum Gasteiger partial charge on any atom is -0.280 e. The van der Waals surface area contributed by atoms with Gasteiger partial charge >= 0.3 is 5.56 Å². The molecule has 2 heterocycles. The zero-order valence-corrected chi connectivity index (χ0v) is 13.8. The molecule has 0 spiro atoms. The van der Waals surface area contributed by atoms with E-state index in [1.54, 1.807) is 40.7 Å². The van der Waals surface area contributed by atoms with Gasteiger partial charge in [-0.25, -0.2) is 4.39 Å². The second kappa shape index (κ2) is 6.54. The lowest BCUT2D eigenvalue weighted by molar-refractivity contribution is 0.627. The normalized spacial score (nSPS) is 11.5. The Labute approximate surface area is 137 Å². The fourth-order valence-electron chi connectivity index (χ4n) is 2.16. The maximum absolute atomic E-state index is 13.0. The SMILES string of the molecule is CC(C)CCSc1nnc2c(=O)n(-c3ccc(F)cc3)ccn12. The number of hydrogen-bond acceptors (Lipinski definition) is 4. The van der Waals surface area contributed by atoms with Crippen LogP contribution in [-0.2, 0) is 0 Å². The van der Waals surface area contributed by atoms with Crippen LogP contribution in [0.3, 0.4) is 0 Å². The summed E-state index contributed by atoms with van der Waals surface area (Å²) < 4.78 is 16.2. The van der Waals surface area contributed by atoms with Crippen molar-refractivity contribution in [2.75, 3.05) is 5.75 Å². The van der Waals surface area contributed by atoms with E-state index < -0.39 is 0 Å². The number of hydrogen-bond donors (Lipinski definition) is 0. The third-order valence-corrected chi connectivity index (χ3v) is 4.45. The van der Waals surface area contributed by atoms with Gasteiger partial charge in [-0.1, -0.05) is 25.6 Å². The molecular weight excluding hydrogens is 315 g/mol. The summed E-state index contributed by atoms with van der Waals surface area (Å²) in [6.45, 7) is 4.34. The Morgan fingerprint density at radius 1 is 1.17 bits per heavy atom. The first-order valence-corrected chi connectivity index (χ1v) is 8.40. The third kappa shape index (κ3) is 3.29. The van der Waals surface area contributed by atoms with E-state index in [2.05, 4.69) is 24.0 Å². The van der Waals surface area contributed by atoms with Gasteiger partial charge in [0.15, 0.2) is 5.16 Å². The number of aromatic nitrogens is 4. The largest absolute Gasteiger partial charge is 0.300 e. The molecule has 0 aliphatic carbocycles. The van der Waals surface area contributed by atoms with Gasteiger partial charge in [-0.3, -0.25) is 13.8 Å². The summed E-state index contributed by atoms with van der Waals surface area (Å²) in [6.07, 6.45) is 4.49. The predicted octanol–water partition coefficient (Wildman–Crippen LogP) is 3.16. The molecule has 5 nitrogen and oxygen atoms in total. The fraction of sp³-hybridized carbons (Fsp3) is 0.312. The van der Waals surface area contributed by atoms with Crippen LogP contribution < -0.4 is 5.56 Å². The lowest BCUT2D eigenvalue weighted by Gasteiger charge is -2.06. The molecule has 0 saturated carbocycles. The van der Waals surface area contributed by atoms with Crippen LogP contribution >= 0.6 is 11.8 Å². The van der Waals surface area contributed by atoms with Gasteiger partial charge < -0.3 is 0 Å². The van der Waals surface area contributed by atoms with E-state index in [4.69, 9.17) is 0 Å². The van der Waals surface area contributed by atoms with Crippen molar-refractivity contribution in [2.45, 2.75) is 25.4 Å². The number of thioether (sulfide) groups is 1. The van der Waals surface area contributed by atoms with E-state index in [1.165, 1.54) is 16.7 Å². The van der Waals surface area contributed by atoms with Gasteiger partial charge in [0.25, 0.3) is 0 Å². The number of rotatable bonds is 5. The number of benzene rings is 1. The maximum Gasteiger partial charge on any atom is 0.300 e. The quantitative estimate of drug-likeness (QED) is 0.674. The minimum atomic E-state index is -0.339. The standard InChI is InChI=1S/C16H17FN4OS/c1-11(2)7-10-23-16-19-18-14-15(22)20(8-9-21(14)16)13-5-3-12(17)4-6-13/h3-6,8-9,11H,7,10H2,1-2H3. The van der Waals surface area contributed by atoms with Crippen molar-refractivity contribution >= 4 is 17.4 Å². The lowest BCUT2D eigenvalue weighted by atomic mass is 10.2. The van der Waals surface area contributed by atoms with Gasteiger partial charge in [-0.05, 0) is 36.6 Å². The Morgan fingerprint density at radius 3 is 2.61 bits per heavy atom. The highest BCUT2D eigenvalue weighted by Gasteiger charge is 2.12. The number of fused-ring (bicyclic) bond motifs is 1. The van der Waals surface area contributed by atoms with Gasteiger partial charge in [-0.15, -0.1) is 10.2 Å². The first-order valence-electron chi connectivity index (χ1n) is 7.41. The Morgan fingerprint density at radius 2 is 1.91 bits per heavy atom. The second-order valence-electron chi connectivity index (χ2n) is 5.66. The topological polar surface area (TPSA) is 52.2 Å². The monoisotopic (exact) mass is 332 g/mol. The third-order valence-electron chi connectivity index (χ3n) is 3.47. The van der Waals surface area contributed by atoms with E-state index in [1.807, 2.05) is 0 Å². The van der Waals surface area contributed by atoms with E-state index in [9.17, 15) is 9.18 Å². The van der Waals surface area contributed by atoms with Crippen LogP contribution in [0.4, 0.5) is 4.39 Å². The highest BCUT2D eigenvalue weighted by molar-refractivity contribution is 7.99. The van der Waals surface area contributed by atoms with Crippen molar-refractivity contribution in [3.05, 3.63) is 52.8 Å². The smallest absolute Gasteiger partial charge is 0.280 e. The first-order chi connectivity index (χ1) is 11.1. The summed E-state index contributed by atoms with van der Waals surface area (Å²) >= 11 is 1.59.